The summed E-state index contributed by atoms with van der Waals surface area (Å²) >= 11 is 0. The molecule has 0 saturated carbocycles. The fourth-order valence-corrected chi connectivity index (χ4v) is 2.81. The molecule has 0 bridgehead atoms. The maximum atomic E-state index is 12.4. The average molecular weight is 260 g/mol. The molecule has 1 unspecified atom stereocenters. The summed E-state index contributed by atoms with van der Waals surface area (Å²) in [5.74, 6) is 0.246. The Morgan fingerprint density at radius 2 is 2.26 bits per heavy atom. The van der Waals surface area contributed by atoms with E-state index in [-0.39, 0.29) is 11.9 Å². The Balaban J connectivity index is 2.08. The first kappa shape index (κ1) is 14.1. The molecule has 2 N–H and O–H groups in total. The Morgan fingerprint density at radius 3 is 3.00 bits per heavy atom. The number of hydrogen-bond acceptors (Lipinski definition) is 2. The lowest BCUT2D eigenvalue weighted by Gasteiger charge is -2.31. The number of carbonyl (C=O) groups excluding carboxylic acids is 1. The molecule has 1 aromatic rings. The zero-order valence-electron chi connectivity index (χ0n) is 12.0. The zero-order valence-corrected chi connectivity index (χ0v) is 12.0. The van der Waals surface area contributed by atoms with Gasteiger partial charge in [0.05, 0.1) is 0 Å². The second-order valence-electron chi connectivity index (χ2n) is 5.60. The van der Waals surface area contributed by atoms with Crippen molar-refractivity contribution in [1.82, 2.24) is 0 Å². The third kappa shape index (κ3) is 3.35. The summed E-state index contributed by atoms with van der Waals surface area (Å²) in [6.07, 6.45) is 4.56. The quantitative estimate of drug-likeness (QED) is 0.905. The Morgan fingerprint density at radius 1 is 1.47 bits per heavy atom. The minimum atomic E-state index is 0.183. The van der Waals surface area contributed by atoms with Crippen molar-refractivity contribution in [3.05, 3.63) is 29.3 Å². The second kappa shape index (κ2) is 6.20. The second-order valence-corrected chi connectivity index (χ2v) is 5.60. The van der Waals surface area contributed by atoms with Gasteiger partial charge in [-0.2, -0.15) is 0 Å². The highest BCUT2D eigenvalue weighted by atomic mass is 16.2. The number of rotatable bonds is 4. The molecule has 1 aromatic carbocycles. The highest BCUT2D eigenvalue weighted by Crippen LogP contribution is 2.31. The van der Waals surface area contributed by atoms with Gasteiger partial charge >= 0.3 is 0 Å². The molecule has 3 heteroatoms. The van der Waals surface area contributed by atoms with E-state index in [1.807, 2.05) is 11.8 Å². The fraction of sp³-hybridized carbons (Fsp3) is 0.562. The number of anilines is 1. The summed E-state index contributed by atoms with van der Waals surface area (Å²) in [5, 5.41) is 0. The van der Waals surface area contributed by atoms with Crippen LogP contribution in [0.3, 0.4) is 0 Å². The highest BCUT2D eigenvalue weighted by Gasteiger charge is 2.23. The minimum Gasteiger partial charge on any atom is -0.328 e. The summed E-state index contributed by atoms with van der Waals surface area (Å²) in [4.78, 5) is 14.4. The molecule has 0 fully saturated rings. The van der Waals surface area contributed by atoms with Crippen LogP contribution in [0.2, 0.25) is 0 Å². The van der Waals surface area contributed by atoms with E-state index < -0.39 is 0 Å². The molecular formula is C16H24N2O. The van der Waals surface area contributed by atoms with Crippen LogP contribution in [0.5, 0.6) is 0 Å². The Kier molecular flexibility index (Phi) is 4.59. The van der Waals surface area contributed by atoms with E-state index in [0.29, 0.717) is 6.42 Å². The Bertz CT molecular complexity index is 454. The maximum absolute atomic E-state index is 12.4. The zero-order chi connectivity index (χ0) is 13.8. The van der Waals surface area contributed by atoms with E-state index >= 15 is 0 Å². The summed E-state index contributed by atoms with van der Waals surface area (Å²) < 4.78 is 0. The molecule has 3 nitrogen and oxygen atoms in total. The monoisotopic (exact) mass is 260 g/mol. The molecule has 0 aliphatic carbocycles. The van der Waals surface area contributed by atoms with Crippen molar-refractivity contribution in [2.75, 3.05) is 11.4 Å². The van der Waals surface area contributed by atoms with Gasteiger partial charge in [0.1, 0.15) is 0 Å². The van der Waals surface area contributed by atoms with Gasteiger partial charge in [0.2, 0.25) is 5.91 Å². The number of benzene rings is 1. The van der Waals surface area contributed by atoms with Crippen LogP contribution in [0.15, 0.2) is 18.2 Å². The lowest BCUT2D eigenvalue weighted by Crippen LogP contribution is -2.36. The molecule has 1 aliphatic rings. The van der Waals surface area contributed by atoms with Crippen LogP contribution in [0.4, 0.5) is 5.69 Å². The SMILES string of the molecule is Cc1cccc2c1N(C(=O)CCCC(C)N)CCC2. The van der Waals surface area contributed by atoms with E-state index in [1.54, 1.807) is 0 Å². The van der Waals surface area contributed by atoms with Gasteiger partial charge in [-0.3, -0.25) is 4.79 Å². The van der Waals surface area contributed by atoms with Crippen molar-refractivity contribution in [1.29, 1.82) is 0 Å². The number of carbonyl (C=O) groups is 1. The standard InChI is InChI=1S/C16H24N2O/c1-12-6-3-8-14-9-5-11-18(16(12)14)15(19)10-4-7-13(2)17/h3,6,8,13H,4-5,7,9-11,17H2,1-2H3. The summed E-state index contributed by atoms with van der Waals surface area (Å²) in [6, 6.07) is 6.50. The minimum absolute atomic E-state index is 0.183. The molecule has 104 valence electrons. The highest BCUT2D eigenvalue weighted by molar-refractivity contribution is 5.95. The van der Waals surface area contributed by atoms with Crippen LogP contribution in [-0.2, 0) is 11.2 Å². The summed E-state index contributed by atoms with van der Waals surface area (Å²) in [5.41, 5.74) is 9.40. The number of nitrogens with two attached hydrogens (primary N) is 1. The van der Waals surface area contributed by atoms with E-state index in [9.17, 15) is 4.79 Å². The summed E-state index contributed by atoms with van der Waals surface area (Å²) in [7, 11) is 0. The van der Waals surface area contributed by atoms with Crippen LogP contribution in [0.25, 0.3) is 0 Å². The number of hydrogen-bond donors (Lipinski definition) is 1. The van der Waals surface area contributed by atoms with Crippen LogP contribution >= 0.6 is 0 Å². The molecule has 2 rings (SSSR count). The molecule has 0 radical (unpaired) electrons. The van der Waals surface area contributed by atoms with Crippen molar-refractivity contribution in [2.24, 2.45) is 5.73 Å². The number of fused-ring (bicyclic) bond motifs is 1. The van der Waals surface area contributed by atoms with Gasteiger partial charge in [-0.15, -0.1) is 0 Å². The third-order valence-electron chi connectivity index (χ3n) is 3.77. The van der Waals surface area contributed by atoms with Crippen molar-refractivity contribution >= 4 is 11.6 Å². The summed E-state index contributed by atoms with van der Waals surface area (Å²) in [6.45, 7) is 4.94. The molecule has 1 aliphatic heterocycles. The van der Waals surface area contributed by atoms with Crippen molar-refractivity contribution in [3.8, 4) is 0 Å². The Labute approximate surface area is 115 Å². The van der Waals surface area contributed by atoms with Gasteiger partial charge in [0.25, 0.3) is 0 Å². The molecule has 0 spiro atoms. The smallest absolute Gasteiger partial charge is 0.226 e. The van der Waals surface area contributed by atoms with E-state index in [4.69, 9.17) is 5.73 Å². The lowest BCUT2D eigenvalue weighted by molar-refractivity contribution is -0.118. The molecule has 0 aromatic heterocycles. The van der Waals surface area contributed by atoms with Crippen LogP contribution < -0.4 is 10.6 Å². The molecule has 1 atom stereocenters. The maximum Gasteiger partial charge on any atom is 0.226 e. The largest absolute Gasteiger partial charge is 0.328 e. The number of nitrogens with zero attached hydrogens (tertiary/aromatic N) is 1. The first-order valence-corrected chi connectivity index (χ1v) is 7.24. The number of amides is 1. The molecule has 19 heavy (non-hydrogen) atoms. The first-order valence-electron chi connectivity index (χ1n) is 7.24. The van der Waals surface area contributed by atoms with Gasteiger partial charge in [0, 0.05) is 24.7 Å². The van der Waals surface area contributed by atoms with Crippen molar-refractivity contribution in [3.63, 3.8) is 0 Å². The van der Waals surface area contributed by atoms with Gasteiger partial charge in [-0.05, 0) is 50.7 Å². The van der Waals surface area contributed by atoms with E-state index in [0.717, 1.165) is 37.9 Å². The van der Waals surface area contributed by atoms with Crippen molar-refractivity contribution in [2.45, 2.75) is 52.0 Å². The van der Waals surface area contributed by atoms with E-state index in [2.05, 4.69) is 25.1 Å². The predicted octanol–water partition coefficient (Wildman–Crippen LogP) is 2.79. The predicted molar refractivity (Wildman–Crippen MR) is 79.4 cm³/mol. The number of aryl methyl sites for hydroxylation is 2. The van der Waals surface area contributed by atoms with Crippen LogP contribution in [-0.4, -0.2) is 18.5 Å². The normalized spacial score (nSPS) is 16.1. The van der Waals surface area contributed by atoms with Gasteiger partial charge in [-0.25, -0.2) is 0 Å². The Hall–Kier alpha value is -1.35. The number of para-hydroxylation sites is 1. The van der Waals surface area contributed by atoms with Crippen LogP contribution in [0.1, 0.15) is 43.7 Å². The topological polar surface area (TPSA) is 46.3 Å². The van der Waals surface area contributed by atoms with Crippen molar-refractivity contribution < 1.29 is 4.79 Å². The molecule has 0 saturated heterocycles. The third-order valence-corrected chi connectivity index (χ3v) is 3.77. The van der Waals surface area contributed by atoms with Gasteiger partial charge < -0.3 is 10.6 Å². The molecule has 1 amide bonds. The fourth-order valence-electron chi connectivity index (χ4n) is 2.81. The molecule has 1 heterocycles. The van der Waals surface area contributed by atoms with Gasteiger partial charge in [-0.1, -0.05) is 18.2 Å². The molecular weight excluding hydrogens is 236 g/mol. The average Bonchev–Trinajstić information content (AvgIpc) is 2.38. The lowest BCUT2D eigenvalue weighted by atomic mass is 9.97. The van der Waals surface area contributed by atoms with Gasteiger partial charge in [0.15, 0.2) is 0 Å². The van der Waals surface area contributed by atoms with Crippen LogP contribution in [0, 0.1) is 6.92 Å². The first-order chi connectivity index (χ1) is 9.09. The van der Waals surface area contributed by atoms with E-state index in [1.165, 1.54) is 11.1 Å².